The molecule has 1 N–H and O–H groups in total. The van der Waals surface area contributed by atoms with E-state index in [1.54, 1.807) is 6.07 Å². The highest BCUT2D eigenvalue weighted by atomic mass is 35.5. The van der Waals surface area contributed by atoms with Crippen molar-refractivity contribution in [3.63, 3.8) is 0 Å². The van der Waals surface area contributed by atoms with E-state index in [0.717, 1.165) is 23.4 Å². The molecule has 5 nitrogen and oxygen atoms in total. The molecule has 0 saturated heterocycles. The molecule has 0 radical (unpaired) electrons. The number of hydrogen-bond acceptors (Lipinski definition) is 3. The van der Waals surface area contributed by atoms with Crippen molar-refractivity contribution in [3.8, 4) is 0 Å². The number of rotatable bonds is 6. The average Bonchev–Trinajstić information content (AvgIpc) is 2.37. The van der Waals surface area contributed by atoms with E-state index in [1.165, 1.54) is 19.2 Å². The Bertz CT molecular complexity index is 617. The third kappa shape index (κ3) is 4.89. The Hall–Kier alpha value is -1.27. The summed E-state index contributed by atoms with van der Waals surface area (Å²) in [5.41, 5.74) is 0.669. The molecule has 1 atom stereocenters. The van der Waals surface area contributed by atoms with Gasteiger partial charge in [-0.2, -0.15) is 0 Å². The quantitative estimate of drug-likeness (QED) is 0.870. The van der Waals surface area contributed by atoms with Crippen LogP contribution in [0.2, 0.25) is 5.02 Å². The van der Waals surface area contributed by atoms with Gasteiger partial charge in [-0.25, -0.2) is 8.42 Å². The van der Waals surface area contributed by atoms with Crippen molar-refractivity contribution >= 4 is 33.2 Å². The van der Waals surface area contributed by atoms with Crippen molar-refractivity contribution in [1.29, 1.82) is 0 Å². The van der Waals surface area contributed by atoms with Crippen LogP contribution in [0.15, 0.2) is 18.2 Å². The van der Waals surface area contributed by atoms with Gasteiger partial charge in [-0.1, -0.05) is 24.9 Å². The first kappa shape index (κ1) is 17.8. The Labute approximate surface area is 131 Å². The molecule has 0 saturated carbocycles. The highest BCUT2D eigenvalue weighted by Crippen LogP contribution is 2.24. The second-order valence-corrected chi connectivity index (χ2v) is 7.48. The van der Waals surface area contributed by atoms with Crippen molar-refractivity contribution in [2.45, 2.75) is 32.7 Å². The molecule has 0 aliphatic heterocycles. The fraction of sp³-hybridized carbons (Fsp3) is 0.500. The molecule has 0 aliphatic carbocycles. The van der Waals surface area contributed by atoms with Crippen molar-refractivity contribution < 1.29 is 13.2 Å². The number of carbonyl (C=O) groups is 1. The SMILES string of the molecule is CCC[C@H](C)NC(=O)c1cc(N(C)S(C)(=O)=O)ccc1Cl. The first-order chi connectivity index (χ1) is 9.66. The molecule has 21 heavy (non-hydrogen) atoms. The van der Waals surface area contributed by atoms with Gasteiger partial charge in [-0.3, -0.25) is 9.10 Å². The molecular weight excluding hydrogens is 312 g/mol. The molecular formula is C14H21ClN2O3S. The van der Waals surface area contributed by atoms with Crippen LogP contribution in [0.3, 0.4) is 0 Å². The van der Waals surface area contributed by atoms with Gasteiger partial charge in [0, 0.05) is 13.1 Å². The van der Waals surface area contributed by atoms with E-state index in [0.29, 0.717) is 10.7 Å². The van der Waals surface area contributed by atoms with E-state index >= 15 is 0 Å². The highest BCUT2D eigenvalue weighted by Gasteiger charge is 2.17. The Balaban J connectivity index is 3.05. The number of halogens is 1. The zero-order valence-electron chi connectivity index (χ0n) is 12.7. The number of sulfonamides is 1. The zero-order chi connectivity index (χ0) is 16.2. The molecule has 118 valence electrons. The van der Waals surface area contributed by atoms with Crippen LogP contribution in [0.25, 0.3) is 0 Å². The van der Waals surface area contributed by atoms with Crippen LogP contribution < -0.4 is 9.62 Å². The second-order valence-electron chi connectivity index (χ2n) is 5.06. The van der Waals surface area contributed by atoms with Crippen LogP contribution in [0.1, 0.15) is 37.0 Å². The smallest absolute Gasteiger partial charge is 0.253 e. The Morgan fingerprint density at radius 1 is 1.43 bits per heavy atom. The lowest BCUT2D eigenvalue weighted by Crippen LogP contribution is -2.33. The van der Waals surface area contributed by atoms with Crippen LogP contribution in [0, 0.1) is 0 Å². The third-order valence-electron chi connectivity index (χ3n) is 3.15. The summed E-state index contributed by atoms with van der Waals surface area (Å²) in [6.07, 6.45) is 2.93. The maximum absolute atomic E-state index is 12.2. The van der Waals surface area contributed by atoms with Crippen molar-refractivity contribution in [1.82, 2.24) is 5.32 Å². The fourth-order valence-electron chi connectivity index (χ4n) is 1.88. The Morgan fingerprint density at radius 2 is 2.05 bits per heavy atom. The van der Waals surface area contributed by atoms with Crippen molar-refractivity contribution in [3.05, 3.63) is 28.8 Å². The molecule has 0 bridgehead atoms. The molecule has 0 aromatic heterocycles. The van der Waals surface area contributed by atoms with Gasteiger partial charge >= 0.3 is 0 Å². The summed E-state index contributed by atoms with van der Waals surface area (Å²) in [7, 11) is -1.95. The number of nitrogens with zero attached hydrogens (tertiary/aromatic N) is 1. The van der Waals surface area contributed by atoms with E-state index < -0.39 is 10.0 Å². The van der Waals surface area contributed by atoms with E-state index in [1.807, 2.05) is 13.8 Å². The first-order valence-corrected chi connectivity index (χ1v) is 8.93. The summed E-state index contributed by atoms with van der Waals surface area (Å²) >= 11 is 6.04. The molecule has 1 amide bonds. The monoisotopic (exact) mass is 332 g/mol. The number of nitrogens with one attached hydrogen (secondary N) is 1. The minimum Gasteiger partial charge on any atom is -0.350 e. The minimum atomic E-state index is -3.38. The van der Waals surface area contributed by atoms with Crippen molar-refractivity contribution in [2.75, 3.05) is 17.6 Å². The first-order valence-electron chi connectivity index (χ1n) is 6.71. The maximum Gasteiger partial charge on any atom is 0.253 e. The van der Waals surface area contributed by atoms with Gasteiger partial charge in [0.25, 0.3) is 5.91 Å². The van der Waals surface area contributed by atoms with E-state index in [-0.39, 0.29) is 17.5 Å². The van der Waals surface area contributed by atoms with Gasteiger partial charge in [0.15, 0.2) is 0 Å². The van der Waals surface area contributed by atoms with Crippen LogP contribution in [0.4, 0.5) is 5.69 Å². The summed E-state index contributed by atoms with van der Waals surface area (Å²) in [4.78, 5) is 12.2. The van der Waals surface area contributed by atoms with E-state index in [4.69, 9.17) is 11.6 Å². The van der Waals surface area contributed by atoms with Gasteiger partial charge in [0.2, 0.25) is 10.0 Å². The van der Waals surface area contributed by atoms with E-state index in [2.05, 4.69) is 5.32 Å². The molecule has 0 fully saturated rings. The van der Waals surface area contributed by atoms with Crippen molar-refractivity contribution in [2.24, 2.45) is 0 Å². The van der Waals surface area contributed by atoms with Crippen LogP contribution >= 0.6 is 11.6 Å². The molecule has 0 aliphatic rings. The van der Waals surface area contributed by atoms with Gasteiger partial charge in [0.05, 0.1) is 22.5 Å². The van der Waals surface area contributed by atoms with Gasteiger partial charge in [-0.15, -0.1) is 0 Å². The molecule has 1 aromatic rings. The van der Waals surface area contributed by atoms with Gasteiger partial charge in [0.1, 0.15) is 0 Å². The van der Waals surface area contributed by atoms with Crippen LogP contribution in [0.5, 0.6) is 0 Å². The minimum absolute atomic E-state index is 0.0369. The normalized spacial score (nSPS) is 12.8. The molecule has 0 spiro atoms. The molecule has 0 unspecified atom stereocenters. The van der Waals surface area contributed by atoms with Gasteiger partial charge < -0.3 is 5.32 Å². The van der Waals surface area contributed by atoms with Gasteiger partial charge in [-0.05, 0) is 31.5 Å². The molecule has 1 rings (SSSR count). The maximum atomic E-state index is 12.2. The van der Waals surface area contributed by atoms with Crippen LogP contribution in [-0.2, 0) is 10.0 Å². The predicted octanol–water partition coefficient (Wildman–Crippen LogP) is 2.65. The molecule has 0 heterocycles. The number of anilines is 1. The third-order valence-corrected chi connectivity index (χ3v) is 4.69. The summed E-state index contributed by atoms with van der Waals surface area (Å²) < 4.78 is 24.2. The zero-order valence-corrected chi connectivity index (χ0v) is 14.3. The Morgan fingerprint density at radius 3 is 2.57 bits per heavy atom. The summed E-state index contributed by atoms with van der Waals surface area (Å²) in [6.45, 7) is 3.96. The molecule has 7 heteroatoms. The number of benzene rings is 1. The lowest BCUT2D eigenvalue weighted by Gasteiger charge is -2.19. The summed E-state index contributed by atoms with van der Waals surface area (Å²) in [5, 5.41) is 3.14. The molecule has 1 aromatic carbocycles. The standard InChI is InChI=1S/C14H21ClN2O3S/c1-5-6-10(2)16-14(18)12-9-11(7-8-13(12)15)17(3)21(4,19)20/h7-10H,5-6H2,1-4H3,(H,16,18)/t10-/m0/s1. The second kappa shape index (κ2) is 7.13. The Kier molecular flexibility index (Phi) is 6.04. The number of amides is 1. The highest BCUT2D eigenvalue weighted by molar-refractivity contribution is 7.92. The largest absolute Gasteiger partial charge is 0.350 e. The number of carbonyl (C=O) groups excluding carboxylic acids is 1. The number of hydrogen-bond donors (Lipinski definition) is 1. The average molecular weight is 333 g/mol. The predicted molar refractivity (Wildman–Crippen MR) is 86.5 cm³/mol. The summed E-state index contributed by atoms with van der Waals surface area (Å²) in [5.74, 6) is -0.301. The van der Waals surface area contributed by atoms with Crippen LogP contribution in [-0.4, -0.2) is 33.7 Å². The fourth-order valence-corrected chi connectivity index (χ4v) is 2.58. The lowest BCUT2D eigenvalue weighted by atomic mass is 10.1. The lowest BCUT2D eigenvalue weighted by molar-refractivity contribution is 0.0938. The topological polar surface area (TPSA) is 66.5 Å². The summed E-state index contributed by atoms with van der Waals surface area (Å²) in [6, 6.07) is 4.61. The van der Waals surface area contributed by atoms with E-state index in [9.17, 15) is 13.2 Å².